The highest BCUT2D eigenvalue weighted by Gasteiger charge is 2.32. The van der Waals surface area contributed by atoms with Crippen molar-refractivity contribution in [1.82, 2.24) is 9.44 Å². The summed E-state index contributed by atoms with van der Waals surface area (Å²) < 4.78 is 28.1. The molecule has 1 saturated carbocycles. The van der Waals surface area contributed by atoms with Crippen LogP contribution in [0.2, 0.25) is 0 Å². The van der Waals surface area contributed by atoms with Crippen LogP contribution in [0.5, 0.6) is 0 Å². The molecule has 1 rings (SSSR count). The van der Waals surface area contributed by atoms with Gasteiger partial charge in [-0.15, -0.1) is 0 Å². The maximum Gasteiger partial charge on any atom is 0.277 e. The zero-order valence-electron chi connectivity index (χ0n) is 8.87. The smallest absolute Gasteiger partial charge is 0.277 e. The van der Waals surface area contributed by atoms with E-state index in [9.17, 15) is 8.42 Å². The lowest BCUT2D eigenvalue weighted by atomic mass is 9.99. The topological polar surface area (TPSA) is 84.2 Å². The largest absolute Gasteiger partial charge is 0.326 e. The van der Waals surface area contributed by atoms with Crippen LogP contribution in [0.15, 0.2) is 0 Å². The molecule has 0 aliphatic heterocycles. The van der Waals surface area contributed by atoms with Gasteiger partial charge in [0.15, 0.2) is 0 Å². The molecule has 0 heterocycles. The Labute approximate surface area is 85.6 Å². The van der Waals surface area contributed by atoms with E-state index in [4.69, 9.17) is 5.73 Å². The summed E-state index contributed by atoms with van der Waals surface area (Å²) in [6.45, 7) is 5.31. The fourth-order valence-corrected chi connectivity index (χ4v) is 2.50. The summed E-state index contributed by atoms with van der Waals surface area (Å²) in [5.41, 5.74) is 5.04. The molecule has 6 heteroatoms. The number of nitrogens with two attached hydrogens (primary N) is 1. The molecule has 0 aromatic rings. The Kier molecular flexibility index (Phi) is 3.20. The van der Waals surface area contributed by atoms with Crippen LogP contribution in [-0.2, 0) is 10.2 Å². The van der Waals surface area contributed by atoms with Crippen LogP contribution < -0.4 is 15.2 Å². The maximum atomic E-state index is 11.5. The van der Waals surface area contributed by atoms with Crippen molar-refractivity contribution in [3.8, 4) is 0 Å². The highest BCUT2D eigenvalue weighted by atomic mass is 32.2. The molecule has 0 aromatic carbocycles. The van der Waals surface area contributed by atoms with Gasteiger partial charge in [0, 0.05) is 17.6 Å². The molecule has 0 aromatic heterocycles. The van der Waals surface area contributed by atoms with Crippen molar-refractivity contribution < 1.29 is 8.42 Å². The average molecular weight is 221 g/mol. The van der Waals surface area contributed by atoms with E-state index in [1.807, 2.05) is 0 Å². The van der Waals surface area contributed by atoms with E-state index < -0.39 is 15.7 Å². The minimum atomic E-state index is -3.40. The fraction of sp³-hybridized carbons (Fsp3) is 1.00. The van der Waals surface area contributed by atoms with Gasteiger partial charge in [0.05, 0.1) is 0 Å². The molecule has 1 unspecified atom stereocenters. The third-order valence-electron chi connectivity index (χ3n) is 2.43. The first-order valence-electron chi connectivity index (χ1n) is 4.80. The molecular weight excluding hydrogens is 202 g/mol. The van der Waals surface area contributed by atoms with E-state index in [2.05, 4.69) is 9.44 Å². The summed E-state index contributed by atoms with van der Waals surface area (Å²) in [6, 6.07) is -0.116. The van der Waals surface area contributed by atoms with E-state index in [0.29, 0.717) is 0 Å². The lowest BCUT2D eigenvalue weighted by Crippen LogP contribution is -2.57. The monoisotopic (exact) mass is 221 g/mol. The van der Waals surface area contributed by atoms with Gasteiger partial charge in [-0.05, 0) is 33.6 Å². The number of hydrogen-bond acceptors (Lipinski definition) is 3. The molecule has 14 heavy (non-hydrogen) atoms. The molecule has 0 radical (unpaired) electrons. The Morgan fingerprint density at radius 1 is 1.43 bits per heavy atom. The lowest BCUT2D eigenvalue weighted by Gasteiger charge is -2.29. The van der Waals surface area contributed by atoms with Crippen molar-refractivity contribution in [3.05, 3.63) is 0 Å². The van der Waals surface area contributed by atoms with E-state index in [1.54, 1.807) is 20.8 Å². The third-order valence-corrected chi connectivity index (χ3v) is 3.87. The predicted octanol–water partition coefficient (Wildman–Crippen LogP) is -0.301. The van der Waals surface area contributed by atoms with Crippen molar-refractivity contribution in [2.75, 3.05) is 0 Å². The molecule has 0 amide bonds. The van der Waals surface area contributed by atoms with Crippen LogP contribution in [0.3, 0.4) is 0 Å². The first-order valence-corrected chi connectivity index (χ1v) is 6.28. The van der Waals surface area contributed by atoms with Gasteiger partial charge < -0.3 is 5.73 Å². The SMILES string of the molecule is CC(N)C(C)(C)NS(=O)(=O)NC1CC1. The Morgan fingerprint density at radius 3 is 2.29 bits per heavy atom. The van der Waals surface area contributed by atoms with Crippen LogP contribution in [0, 0.1) is 0 Å². The number of hydrogen-bond donors (Lipinski definition) is 3. The third kappa shape index (κ3) is 3.53. The second-order valence-electron chi connectivity index (χ2n) is 4.51. The molecule has 0 bridgehead atoms. The Hall–Kier alpha value is -0.170. The molecule has 1 aliphatic carbocycles. The predicted molar refractivity (Wildman–Crippen MR) is 55.9 cm³/mol. The van der Waals surface area contributed by atoms with Gasteiger partial charge in [-0.25, -0.2) is 0 Å². The second-order valence-corrected chi connectivity index (χ2v) is 5.95. The minimum Gasteiger partial charge on any atom is -0.326 e. The van der Waals surface area contributed by atoms with Gasteiger partial charge >= 0.3 is 0 Å². The van der Waals surface area contributed by atoms with Crippen molar-refractivity contribution >= 4 is 10.2 Å². The van der Waals surface area contributed by atoms with E-state index in [1.165, 1.54) is 0 Å². The average Bonchev–Trinajstić information content (AvgIpc) is 2.67. The molecule has 1 atom stereocenters. The highest BCUT2D eigenvalue weighted by Crippen LogP contribution is 2.20. The first-order chi connectivity index (χ1) is 6.23. The molecule has 0 spiro atoms. The number of nitrogens with one attached hydrogen (secondary N) is 2. The standard InChI is InChI=1S/C8H19N3O2S/c1-6(9)8(2,3)11-14(12,13)10-7-4-5-7/h6-7,10-11H,4-5,9H2,1-3H3. The van der Waals surface area contributed by atoms with Crippen LogP contribution in [-0.4, -0.2) is 26.0 Å². The van der Waals surface area contributed by atoms with Crippen molar-refractivity contribution in [2.45, 2.75) is 51.2 Å². The maximum absolute atomic E-state index is 11.5. The van der Waals surface area contributed by atoms with E-state index in [0.717, 1.165) is 12.8 Å². The Balaban J connectivity index is 2.56. The van der Waals surface area contributed by atoms with Gasteiger partial charge in [0.25, 0.3) is 10.2 Å². The van der Waals surface area contributed by atoms with Gasteiger partial charge in [0.1, 0.15) is 0 Å². The number of rotatable bonds is 5. The summed E-state index contributed by atoms with van der Waals surface area (Å²) in [6.07, 6.45) is 1.86. The van der Waals surface area contributed by atoms with Crippen LogP contribution >= 0.6 is 0 Å². The zero-order valence-corrected chi connectivity index (χ0v) is 9.69. The molecule has 5 nitrogen and oxygen atoms in total. The van der Waals surface area contributed by atoms with Crippen molar-refractivity contribution in [2.24, 2.45) is 5.73 Å². The van der Waals surface area contributed by atoms with Gasteiger partial charge in [0.2, 0.25) is 0 Å². The Bertz CT molecular complexity index is 294. The van der Waals surface area contributed by atoms with Gasteiger partial charge in [-0.2, -0.15) is 17.9 Å². The quantitative estimate of drug-likeness (QED) is 0.596. The van der Waals surface area contributed by atoms with Gasteiger partial charge in [-0.1, -0.05) is 0 Å². The first kappa shape index (κ1) is 11.9. The minimum absolute atomic E-state index is 0.122. The van der Waals surface area contributed by atoms with Crippen molar-refractivity contribution in [1.29, 1.82) is 0 Å². The summed E-state index contributed by atoms with van der Waals surface area (Å²) in [7, 11) is -3.40. The van der Waals surface area contributed by atoms with Crippen LogP contribution in [0.25, 0.3) is 0 Å². The summed E-state index contributed by atoms with van der Waals surface area (Å²) in [5, 5.41) is 0. The normalized spacial score (nSPS) is 20.9. The van der Waals surface area contributed by atoms with Gasteiger partial charge in [-0.3, -0.25) is 0 Å². The fourth-order valence-electron chi connectivity index (χ4n) is 0.889. The molecular formula is C8H19N3O2S. The summed E-state index contributed by atoms with van der Waals surface area (Å²) in [4.78, 5) is 0. The van der Waals surface area contributed by atoms with Crippen molar-refractivity contribution in [3.63, 3.8) is 0 Å². The van der Waals surface area contributed by atoms with Crippen LogP contribution in [0.1, 0.15) is 33.6 Å². The molecule has 84 valence electrons. The van der Waals surface area contributed by atoms with E-state index in [-0.39, 0.29) is 12.1 Å². The van der Waals surface area contributed by atoms with E-state index >= 15 is 0 Å². The Morgan fingerprint density at radius 2 is 1.93 bits per heavy atom. The molecule has 1 fully saturated rings. The van der Waals surface area contributed by atoms with Crippen LogP contribution in [0.4, 0.5) is 0 Å². The zero-order chi connectivity index (χ0) is 11.0. The lowest BCUT2D eigenvalue weighted by molar-refractivity contribution is 0.385. The highest BCUT2D eigenvalue weighted by molar-refractivity contribution is 7.87. The second kappa shape index (κ2) is 3.77. The summed E-state index contributed by atoms with van der Waals surface area (Å²) >= 11 is 0. The molecule has 0 saturated heterocycles. The molecule has 1 aliphatic rings. The molecule has 4 N–H and O–H groups in total. The summed E-state index contributed by atoms with van der Waals surface area (Å²) in [5.74, 6) is 0.